The van der Waals surface area contributed by atoms with Crippen LogP contribution < -0.4 is 0 Å². The third kappa shape index (κ3) is 3.12. The Bertz CT molecular complexity index is 1260. The minimum Gasteiger partial charge on any atom is -0.337 e. The molecule has 0 spiro atoms. The lowest BCUT2D eigenvalue weighted by molar-refractivity contribution is -0.384. The summed E-state index contributed by atoms with van der Waals surface area (Å²) in [6, 6.07) is 16.0. The van der Waals surface area contributed by atoms with E-state index < -0.39 is 10.7 Å². The first kappa shape index (κ1) is 17.2. The molecule has 0 saturated carbocycles. The molecule has 8 heteroatoms. The largest absolute Gasteiger partial charge is 0.337 e. The summed E-state index contributed by atoms with van der Waals surface area (Å²) in [5, 5.41) is 20.4. The van der Waals surface area contributed by atoms with E-state index in [9.17, 15) is 19.8 Å². The van der Waals surface area contributed by atoms with Crippen molar-refractivity contribution in [1.29, 1.82) is 5.26 Å². The minimum absolute atomic E-state index is 0.000204. The van der Waals surface area contributed by atoms with Gasteiger partial charge in [-0.15, -0.1) is 0 Å². The molecule has 2 aromatic carbocycles. The molecule has 2 aromatic heterocycles. The second kappa shape index (κ2) is 6.81. The number of aromatic nitrogens is 3. The van der Waals surface area contributed by atoms with Crippen molar-refractivity contribution in [2.45, 2.75) is 0 Å². The fourth-order valence-corrected chi connectivity index (χ4v) is 2.89. The number of imidazole rings is 1. The van der Waals surface area contributed by atoms with Gasteiger partial charge >= 0.3 is 0 Å². The van der Waals surface area contributed by atoms with Crippen molar-refractivity contribution in [1.82, 2.24) is 14.5 Å². The standard InChI is InChI=1S/C20H12FN5O2/c21-14-3-8-18-19(11-14)24-20(23-18)13(12-22)10-17-2-1-9-25(17)15-4-6-16(7-5-15)26(27)28/h1-11H,(H,23,24)/b13-10-. The van der Waals surface area contributed by atoms with E-state index in [4.69, 9.17) is 0 Å². The van der Waals surface area contributed by atoms with E-state index in [1.54, 1.807) is 47.2 Å². The van der Waals surface area contributed by atoms with Crippen LogP contribution in [0.1, 0.15) is 11.5 Å². The molecular formula is C20H12FN5O2. The highest BCUT2D eigenvalue weighted by Crippen LogP contribution is 2.23. The van der Waals surface area contributed by atoms with Crippen LogP contribution in [-0.4, -0.2) is 19.5 Å². The molecule has 0 amide bonds. The molecule has 136 valence electrons. The number of nitro groups is 1. The maximum atomic E-state index is 13.4. The highest BCUT2D eigenvalue weighted by atomic mass is 19.1. The number of hydrogen-bond donors (Lipinski definition) is 1. The van der Waals surface area contributed by atoms with Gasteiger partial charge in [-0.3, -0.25) is 10.1 Å². The van der Waals surface area contributed by atoms with Gasteiger partial charge in [-0.05, 0) is 48.5 Å². The van der Waals surface area contributed by atoms with Gasteiger partial charge < -0.3 is 9.55 Å². The number of hydrogen-bond acceptors (Lipinski definition) is 4. The van der Waals surface area contributed by atoms with E-state index in [0.29, 0.717) is 28.2 Å². The van der Waals surface area contributed by atoms with E-state index in [2.05, 4.69) is 16.0 Å². The third-order valence-electron chi connectivity index (χ3n) is 4.23. The number of rotatable bonds is 4. The van der Waals surface area contributed by atoms with E-state index in [0.717, 1.165) is 0 Å². The van der Waals surface area contributed by atoms with Crippen LogP contribution >= 0.6 is 0 Å². The Hall–Kier alpha value is -4.25. The third-order valence-corrected chi connectivity index (χ3v) is 4.23. The number of halogens is 1. The number of nitro benzene ring substituents is 1. The van der Waals surface area contributed by atoms with Crippen LogP contribution in [0.2, 0.25) is 0 Å². The summed E-state index contributed by atoms with van der Waals surface area (Å²) >= 11 is 0. The molecule has 0 radical (unpaired) electrons. The summed E-state index contributed by atoms with van der Waals surface area (Å²) in [7, 11) is 0. The molecule has 7 nitrogen and oxygen atoms in total. The number of non-ortho nitro benzene ring substituents is 1. The lowest BCUT2D eigenvalue weighted by atomic mass is 10.2. The first-order valence-electron chi connectivity index (χ1n) is 8.25. The molecule has 4 aromatic rings. The van der Waals surface area contributed by atoms with Crippen LogP contribution in [0.4, 0.5) is 10.1 Å². The molecular weight excluding hydrogens is 361 g/mol. The molecule has 4 rings (SSSR count). The predicted molar refractivity (Wildman–Crippen MR) is 102 cm³/mol. The first-order chi connectivity index (χ1) is 13.5. The Kier molecular flexibility index (Phi) is 4.18. The predicted octanol–water partition coefficient (Wildman–Crippen LogP) is 4.47. The summed E-state index contributed by atoms with van der Waals surface area (Å²) in [4.78, 5) is 17.7. The summed E-state index contributed by atoms with van der Waals surface area (Å²) in [6.07, 6.45) is 3.44. The summed E-state index contributed by atoms with van der Waals surface area (Å²) in [5.41, 5.74) is 2.74. The zero-order chi connectivity index (χ0) is 19.7. The number of fused-ring (bicyclic) bond motifs is 1. The number of nitrogens with zero attached hydrogens (tertiary/aromatic N) is 4. The summed E-state index contributed by atoms with van der Waals surface area (Å²) in [6.45, 7) is 0. The van der Waals surface area contributed by atoms with Gasteiger partial charge in [0.15, 0.2) is 0 Å². The maximum Gasteiger partial charge on any atom is 0.269 e. The van der Waals surface area contributed by atoms with Gasteiger partial charge in [0.05, 0.1) is 21.5 Å². The molecule has 2 heterocycles. The molecule has 0 aliphatic rings. The van der Waals surface area contributed by atoms with Crippen LogP contribution in [0, 0.1) is 27.3 Å². The van der Waals surface area contributed by atoms with Gasteiger partial charge in [0, 0.05) is 29.7 Å². The van der Waals surface area contributed by atoms with Gasteiger partial charge in [-0.25, -0.2) is 9.37 Å². The SMILES string of the molecule is N#C/C(=C/c1cccn1-c1ccc([N+](=O)[O-])cc1)c1nc2ccc(F)cc2[nH]1. The first-order valence-corrected chi connectivity index (χ1v) is 8.25. The maximum absolute atomic E-state index is 13.4. The second-order valence-electron chi connectivity index (χ2n) is 5.99. The van der Waals surface area contributed by atoms with Crippen molar-refractivity contribution in [2.75, 3.05) is 0 Å². The molecule has 0 fully saturated rings. The van der Waals surface area contributed by atoms with Crippen molar-refractivity contribution in [3.63, 3.8) is 0 Å². The number of aromatic amines is 1. The fourth-order valence-electron chi connectivity index (χ4n) is 2.89. The van der Waals surface area contributed by atoms with Crippen LogP contribution in [0.3, 0.4) is 0 Å². The van der Waals surface area contributed by atoms with Crippen molar-refractivity contribution in [2.24, 2.45) is 0 Å². The molecule has 0 unspecified atom stereocenters. The van der Waals surface area contributed by atoms with Crippen molar-refractivity contribution < 1.29 is 9.31 Å². The van der Waals surface area contributed by atoms with Crippen molar-refractivity contribution in [3.05, 3.63) is 88.2 Å². The average Bonchev–Trinajstić information content (AvgIpc) is 3.32. The molecule has 1 N–H and O–H groups in total. The highest BCUT2D eigenvalue weighted by molar-refractivity contribution is 5.90. The van der Waals surface area contributed by atoms with E-state index >= 15 is 0 Å². The fraction of sp³-hybridized carbons (Fsp3) is 0. The Labute approximate surface area is 158 Å². The Morgan fingerprint density at radius 3 is 2.75 bits per heavy atom. The molecule has 28 heavy (non-hydrogen) atoms. The topological polar surface area (TPSA) is 101 Å². The van der Waals surface area contributed by atoms with E-state index in [1.807, 2.05) is 0 Å². The van der Waals surface area contributed by atoms with Crippen molar-refractivity contribution in [3.8, 4) is 11.8 Å². The van der Waals surface area contributed by atoms with Gasteiger partial charge in [0.1, 0.15) is 17.7 Å². The van der Waals surface area contributed by atoms with Crippen molar-refractivity contribution >= 4 is 28.4 Å². The van der Waals surface area contributed by atoms with E-state index in [1.165, 1.54) is 24.3 Å². The number of nitrogens with one attached hydrogen (secondary N) is 1. The van der Waals surface area contributed by atoms with Gasteiger partial charge in [0.2, 0.25) is 0 Å². The normalized spacial score (nSPS) is 11.5. The molecule has 0 bridgehead atoms. The summed E-state index contributed by atoms with van der Waals surface area (Å²) in [5.74, 6) is -0.0585. The molecule has 0 aliphatic heterocycles. The van der Waals surface area contributed by atoms with E-state index in [-0.39, 0.29) is 11.3 Å². The lowest BCUT2D eigenvalue weighted by Crippen LogP contribution is -1.96. The number of nitriles is 1. The van der Waals surface area contributed by atoms with Gasteiger partial charge in [-0.1, -0.05) is 0 Å². The average molecular weight is 373 g/mol. The molecule has 0 aliphatic carbocycles. The zero-order valence-corrected chi connectivity index (χ0v) is 14.3. The van der Waals surface area contributed by atoms with Crippen LogP contribution in [-0.2, 0) is 0 Å². The Morgan fingerprint density at radius 1 is 1.25 bits per heavy atom. The van der Waals surface area contributed by atoms with Crippen LogP contribution in [0.15, 0.2) is 60.8 Å². The zero-order valence-electron chi connectivity index (χ0n) is 14.3. The van der Waals surface area contributed by atoms with Gasteiger partial charge in [-0.2, -0.15) is 5.26 Å². The minimum atomic E-state index is -0.460. The lowest BCUT2D eigenvalue weighted by Gasteiger charge is -2.06. The Morgan fingerprint density at radius 2 is 2.04 bits per heavy atom. The quantitative estimate of drug-likeness (QED) is 0.324. The smallest absolute Gasteiger partial charge is 0.269 e. The van der Waals surface area contributed by atoms with Crippen LogP contribution in [0.25, 0.3) is 28.4 Å². The number of benzene rings is 2. The van der Waals surface area contributed by atoms with Crippen LogP contribution in [0.5, 0.6) is 0 Å². The summed E-state index contributed by atoms with van der Waals surface area (Å²) < 4.78 is 15.2. The second-order valence-corrected chi connectivity index (χ2v) is 5.99. The number of allylic oxidation sites excluding steroid dienone is 1. The molecule has 0 atom stereocenters. The monoisotopic (exact) mass is 373 g/mol. The number of H-pyrrole nitrogens is 1. The Balaban J connectivity index is 1.74. The highest BCUT2D eigenvalue weighted by Gasteiger charge is 2.11. The van der Waals surface area contributed by atoms with Gasteiger partial charge in [0.25, 0.3) is 5.69 Å². The molecule has 0 saturated heterocycles.